The molecular formula is C16H18N6O. The van der Waals surface area contributed by atoms with Gasteiger partial charge in [-0.2, -0.15) is 10.2 Å². The van der Waals surface area contributed by atoms with Crippen molar-refractivity contribution >= 4 is 22.5 Å². The van der Waals surface area contributed by atoms with E-state index in [4.69, 9.17) is 0 Å². The first kappa shape index (κ1) is 14.0. The van der Waals surface area contributed by atoms with Crippen LogP contribution in [0.2, 0.25) is 0 Å². The third kappa shape index (κ3) is 2.29. The van der Waals surface area contributed by atoms with Gasteiger partial charge in [0.1, 0.15) is 5.54 Å². The molecule has 0 saturated carbocycles. The largest absolute Gasteiger partial charge is 0.322 e. The number of aromatic nitrogens is 4. The van der Waals surface area contributed by atoms with Crippen LogP contribution in [0, 0.1) is 0 Å². The van der Waals surface area contributed by atoms with Crippen LogP contribution in [0.5, 0.6) is 0 Å². The van der Waals surface area contributed by atoms with Crippen molar-refractivity contribution in [2.75, 3.05) is 18.4 Å². The zero-order valence-electron chi connectivity index (χ0n) is 12.6. The van der Waals surface area contributed by atoms with E-state index in [-0.39, 0.29) is 5.91 Å². The predicted octanol–water partition coefficient (Wildman–Crippen LogP) is 1.48. The van der Waals surface area contributed by atoms with Gasteiger partial charge in [-0.3, -0.25) is 14.6 Å². The van der Waals surface area contributed by atoms with Gasteiger partial charge in [0.05, 0.1) is 17.4 Å². The van der Waals surface area contributed by atoms with Crippen molar-refractivity contribution in [2.45, 2.75) is 18.4 Å². The number of H-pyrrole nitrogens is 1. The maximum Gasteiger partial charge on any atom is 0.252 e. The molecule has 7 heteroatoms. The number of carbonyl (C=O) groups is 1. The Labute approximate surface area is 133 Å². The minimum Gasteiger partial charge on any atom is -0.322 e. The van der Waals surface area contributed by atoms with Gasteiger partial charge in [-0.15, -0.1) is 0 Å². The van der Waals surface area contributed by atoms with Crippen LogP contribution < -0.4 is 10.6 Å². The zero-order chi connectivity index (χ0) is 15.7. The lowest BCUT2D eigenvalue weighted by atomic mass is 9.87. The van der Waals surface area contributed by atoms with E-state index in [0.29, 0.717) is 12.8 Å². The van der Waals surface area contributed by atoms with Crippen LogP contribution in [-0.4, -0.2) is 39.0 Å². The van der Waals surface area contributed by atoms with Crippen LogP contribution in [0.25, 0.3) is 10.9 Å². The highest BCUT2D eigenvalue weighted by Crippen LogP contribution is 2.30. The number of anilines is 1. The lowest BCUT2D eigenvalue weighted by Gasteiger charge is -2.36. The van der Waals surface area contributed by atoms with Crippen LogP contribution in [0.4, 0.5) is 5.69 Å². The Balaban J connectivity index is 1.70. The van der Waals surface area contributed by atoms with E-state index in [2.05, 4.69) is 25.9 Å². The molecule has 3 heterocycles. The van der Waals surface area contributed by atoms with Crippen molar-refractivity contribution in [1.29, 1.82) is 0 Å². The number of amides is 1. The molecule has 0 spiro atoms. The molecule has 3 N–H and O–H groups in total. The van der Waals surface area contributed by atoms with E-state index in [1.54, 1.807) is 17.1 Å². The van der Waals surface area contributed by atoms with Crippen molar-refractivity contribution in [2.24, 2.45) is 0 Å². The summed E-state index contributed by atoms with van der Waals surface area (Å²) in [5.74, 6) is -0.0372. The molecular weight excluding hydrogens is 292 g/mol. The molecule has 1 saturated heterocycles. The smallest absolute Gasteiger partial charge is 0.252 e. The first-order valence-corrected chi connectivity index (χ1v) is 7.74. The van der Waals surface area contributed by atoms with Gasteiger partial charge in [0.15, 0.2) is 0 Å². The summed E-state index contributed by atoms with van der Waals surface area (Å²) in [5, 5.41) is 18.7. The Kier molecular flexibility index (Phi) is 3.34. The first-order chi connectivity index (χ1) is 11.3. The van der Waals surface area contributed by atoms with Gasteiger partial charge in [-0.1, -0.05) is 12.1 Å². The van der Waals surface area contributed by atoms with Crippen LogP contribution in [0.15, 0.2) is 42.9 Å². The number of para-hydroxylation sites is 1. The number of nitrogens with zero attached hydrogens (tertiary/aromatic N) is 3. The van der Waals surface area contributed by atoms with Gasteiger partial charge in [0, 0.05) is 17.8 Å². The molecule has 0 aliphatic carbocycles. The fourth-order valence-electron chi connectivity index (χ4n) is 3.23. The maximum atomic E-state index is 13.1. The number of piperidine rings is 1. The fourth-order valence-corrected chi connectivity index (χ4v) is 3.23. The van der Waals surface area contributed by atoms with Crippen LogP contribution in [0.1, 0.15) is 12.8 Å². The summed E-state index contributed by atoms with van der Waals surface area (Å²) >= 11 is 0. The summed E-state index contributed by atoms with van der Waals surface area (Å²) < 4.78 is 1.79. The van der Waals surface area contributed by atoms with Gasteiger partial charge < -0.3 is 10.6 Å². The molecule has 0 radical (unpaired) electrons. The van der Waals surface area contributed by atoms with E-state index >= 15 is 0 Å². The standard InChI is InChI=1S/C16H18N6O/c23-15(20-13-4-1-3-12-11-18-21-14(12)13)16(5-8-17-9-6-16)22-10-2-7-19-22/h1-4,7,10-11,17H,5-6,8-9H2,(H,18,21)(H,20,23). The second kappa shape index (κ2) is 5.51. The van der Waals surface area contributed by atoms with E-state index in [0.717, 1.165) is 29.7 Å². The SMILES string of the molecule is O=C(Nc1cccc2cn[nH]c12)C1(n2cccn2)CCNCC1. The van der Waals surface area contributed by atoms with Crippen molar-refractivity contribution < 1.29 is 4.79 Å². The number of hydrogen-bond acceptors (Lipinski definition) is 4. The molecule has 1 amide bonds. The topological polar surface area (TPSA) is 87.6 Å². The normalized spacial score (nSPS) is 17.2. The van der Waals surface area contributed by atoms with Gasteiger partial charge in [-0.05, 0) is 38.1 Å². The number of nitrogens with one attached hydrogen (secondary N) is 3. The monoisotopic (exact) mass is 310 g/mol. The van der Waals surface area contributed by atoms with E-state index in [1.165, 1.54) is 0 Å². The number of aromatic amines is 1. The van der Waals surface area contributed by atoms with Crippen LogP contribution >= 0.6 is 0 Å². The third-order valence-corrected chi connectivity index (χ3v) is 4.52. The summed E-state index contributed by atoms with van der Waals surface area (Å²) in [6, 6.07) is 7.61. The molecule has 0 atom stereocenters. The van der Waals surface area contributed by atoms with Gasteiger partial charge in [-0.25, -0.2) is 0 Å². The highest BCUT2D eigenvalue weighted by atomic mass is 16.2. The van der Waals surface area contributed by atoms with Crippen molar-refractivity contribution in [1.82, 2.24) is 25.3 Å². The van der Waals surface area contributed by atoms with Crippen molar-refractivity contribution in [3.05, 3.63) is 42.9 Å². The molecule has 1 aliphatic heterocycles. The fraction of sp³-hybridized carbons (Fsp3) is 0.312. The molecule has 0 unspecified atom stereocenters. The number of rotatable bonds is 3. The lowest BCUT2D eigenvalue weighted by molar-refractivity contribution is -0.126. The Hall–Kier alpha value is -2.67. The second-order valence-electron chi connectivity index (χ2n) is 5.83. The molecule has 118 valence electrons. The van der Waals surface area contributed by atoms with Crippen molar-refractivity contribution in [3.63, 3.8) is 0 Å². The number of benzene rings is 1. The van der Waals surface area contributed by atoms with Crippen molar-refractivity contribution in [3.8, 4) is 0 Å². The molecule has 4 rings (SSSR count). The number of hydrogen-bond donors (Lipinski definition) is 3. The van der Waals surface area contributed by atoms with E-state index < -0.39 is 5.54 Å². The zero-order valence-corrected chi connectivity index (χ0v) is 12.6. The molecule has 23 heavy (non-hydrogen) atoms. The number of carbonyl (C=O) groups excluding carboxylic acids is 1. The van der Waals surface area contributed by atoms with Crippen LogP contribution in [0.3, 0.4) is 0 Å². The Bertz CT molecular complexity index is 816. The van der Waals surface area contributed by atoms with Gasteiger partial charge >= 0.3 is 0 Å². The molecule has 2 aromatic heterocycles. The van der Waals surface area contributed by atoms with Gasteiger partial charge in [0.25, 0.3) is 5.91 Å². The summed E-state index contributed by atoms with van der Waals surface area (Å²) in [5.41, 5.74) is 0.928. The molecule has 1 fully saturated rings. The summed E-state index contributed by atoms with van der Waals surface area (Å²) in [7, 11) is 0. The highest BCUT2D eigenvalue weighted by molar-refractivity contribution is 6.03. The Morgan fingerprint density at radius 3 is 2.91 bits per heavy atom. The quantitative estimate of drug-likeness (QED) is 0.684. The summed E-state index contributed by atoms with van der Waals surface area (Å²) in [6.07, 6.45) is 6.74. The average Bonchev–Trinajstić information content (AvgIpc) is 3.27. The Morgan fingerprint density at radius 2 is 2.13 bits per heavy atom. The molecule has 0 bridgehead atoms. The lowest BCUT2D eigenvalue weighted by Crippen LogP contribution is -2.52. The molecule has 1 aromatic carbocycles. The first-order valence-electron chi connectivity index (χ1n) is 7.74. The Morgan fingerprint density at radius 1 is 1.26 bits per heavy atom. The molecule has 3 aromatic rings. The molecule has 7 nitrogen and oxygen atoms in total. The second-order valence-corrected chi connectivity index (χ2v) is 5.83. The van der Waals surface area contributed by atoms with E-state index in [9.17, 15) is 4.79 Å². The third-order valence-electron chi connectivity index (χ3n) is 4.52. The van der Waals surface area contributed by atoms with Gasteiger partial charge in [0.2, 0.25) is 0 Å². The molecule has 1 aliphatic rings. The summed E-state index contributed by atoms with van der Waals surface area (Å²) in [6.45, 7) is 1.59. The van der Waals surface area contributed by atoms with E-state index in [1.807, 2.05) is 30.5 Å². The van der Waals surface area contributed by atoms with Crippen LogP contribution in [-0.2, 0) is 10.3 Å². The number of fused-ring (bicyclic) bond motifs is 1. The minimum atomic E-state index is -0.656. The predicted molar refractivity (Wildman–Crippen MR) is 87.0 cm³/mol. The average molecular weight is 310 g/mol. The maximum absolute atomic E-state index is 13.1. The summed E-state index contributed by atoms with van der Waals surface area (Å²) in [4.78, 5) is 13.1. The highest BCUT2D eigenvalue weighted by Gasteiger charge is 2.42. The minimum absolute atomic E-state index is 0.0372.